The molecule has 30 heavy (non-hydrogen) atoms. The van der Waals surface area contributed by atoms with E-state index in [1.165, 1.54) is 19.2 Å². The average molecular weight is 423 g/mol. The van der Waals surface area contributed by atoms with E-state index >= 15 is 0 Å². The first-order valence-electron chi connectivity index (χ1n) is 9.59. The van der Waals surface area contributed by atoms with Gasteiger partial charge in [0, 0.05) is 24.3 Å². The number of carbonyl (C=O) groups is 1. The number of rotatable bonds is 5. The predicted molar refractivity (Wildman–Crippen MR) is 115 cm³/mol. The molecule has 0 spiro atoms. The first-order valence-corrected chi connectivity index (χ1v) is 11.1. The molecule has 3 aromatic carbocycles. The Bertz CT molecular complexity index is 1160. The Labute approximate surface area is 176 Å². The van der Waals surface area contributed by atoms with Gasteiger partial charge in [0.05, 0.1) is 12.0 Å². The maximum Gasteiger partial charge on any atom is 0.261 e. The maximum atomic E-state index is 12.8. The van der Waals surface area contributed by atoms with Crippen molar-refractivity contribution >= 4 is 21.6 Å². The molecule has 1 aliphatic rings. The van der Waals surface area contributed by atoms with Crippen molar-refractivity contribution in [2.75, 3.05) is 18.4 Å². The van der Waals surface area contributed by atoms with Crippen LogP contribution in [0.25, 0.3) is 0 Å². The summed E-state index contributed by atoms with van der Waals surface area (Å²) < 4.78 is 33.1. The zero-order chi connectivity index (χ0) is 21.1. The number of benzene rings is 3. The summed E-state index contributed by atoms with van der Waals surface area (Å²) in [6.07, 6.45) is 0.736. The van der Waals surface area contributed by atoms with Gasteiger partial charge in [-0.1, -0.05) is 24.3 Å². The van der Waals surface area contributed by atoms with E-state index in [-0.39, 0.29) is 10.8 Å². The number of sulfonamides is 1. The van der Waals surface area contributed by atoms with Gasteiger partial charge in [-0.2, -0.15) is 0 Å². The fraction of sp³-hybridized carbons (Fsp3) is 0.174. The lowest BCUT2D eigenvalue weighted by atomic mass is 9.98. The molecular weight excluding hydrogens is 400 g/mol. The highest BCUT2D eigenvalue weighted by Gasteiger charge is 2.23. The number of carbonyl (C=O) groups excluding carboxylic acids is 1. The molecule has 0 unspecified atom stereocenters. The Morgan fingerprint density at radius 3 is 2.40 bits per heavy atom. The third kappa shape index (κ3) is 4.16. The molecule has 0 aromatic heterocycles. The van der Waals surface area contributed by atoms with Gasteiger partial charge in [0.25, 0.3) is 15.9 Å². The number of hydrogen-bond donors (Lipinski definition) is 1. The molecule has 1 heterocycles. The Kier molecular flexibility index (Phi) is 5.46. The van der Waals surface area contributed by atoms with Gasteiger partial charge in [-0.25, -0.2) is 8.42 Å². The van der Waals surface area contributed by atoms with Crippen LogP contribution in [0.15, 0.2) is 77.7 Å². The van der Waals surface area contributed by atoms with E-state index in [0.29, 0.717) is 30.1 Å². The fourth-order valence-electron chi connectivity index (χ4n) is 3.53. The summed E-state index contributed by atoms with van der Waals surface area (Å²) in [4.78, 5) is 14.7. The van der Waals surface area contributed by atoms with Crippen molar-refractivity contribution < 1.29 is 17.9 Å². The van der Waals surface area contributed by atoms with E-state index < -0.39 is 10.0 Å². The van der Waals surface area contributed by atoms with E-state index in [2.05, 4.69) is 4.72 Å². The quantitative estimate of drug-likeness (QED) is 0.680. The summed E-state index contributed by atoms with van der Waals surface area (Å²) in [6.45, 7) is 1.08. The number of fused-ring (bicyclic) bond motifs is 1. The van der Waals surface area contributed by atoms with Crippen LogP contribution in [0.2, 0.25) is 0 Å². The molecule has 0 saturated carbocycles. The molecule has 4 rings (SSSR count). The Balaban J connectivity index is 1.53. The molecule has 0 atom stereocenters. The molecule has 3 aromatic rings. The molecule has 1 aliphatic heterocycles. The van der Waals surface area contributed by atoms with Crippen LogP contribution in [0.1, 0.15) is 21.5 Å². The van der Waals surface area contributed by atoms with E-state index in [4.69, 9.17) is 4.74 Å². The highest BCUT2D eigenvalue weighted by Crippen LogP contribution is 2.26. The summed E-state index contributed by atoms with van der Waals surface area (Å²) in [6, 6.07) is 20.9. The Hall–Kier alpha value is -3.32. The van der Waals surface area contributed by atoms with Crippen LogP contribution in [0.5, 0.6) is 5.75 Å². The van der Waals surface area contributed by atoms with Gasteiger partial charge in [0.2, 0.25) is 0 Å². The minimum Gasteiger partial charge on any atom is -0.497 e. The predicted octanol–water partition coefficient (Wildman–Crippen LogP) is 3.69. The molecule has 6 nitrogen and oxygen atoms in total. The second kappa shape index (κ2) is 8.20. The number of hydrogen-bond acceptors (Lipinski definition) is 4. The Morgan fingerprint density at radius 2 is 1.70 bits per heavy atom. The monoisotopic (exact) mass is 422 g/mol. The van der Waals surface area contributed by atoms with Crippen LogP contribution in [-0.2, 0) is 23.0 Å². The molecule has 7 heteroatoms. The maximum absolute atomic E-state index is 12.8. The largest absolute Gasteiger partial charge is 0.497 e. The lowest BCUT2D eigenvalue weighted by molar-refractivity contribution is 0.0734. The van der Waals surface area contributed by atoms with Gasteiger partial charge in [-0.05, 0) is 66.1 Å². The van der Waals surface area contributed by atoms with Crippen LogP contribution >= 0.6 is 0 Å². The summed E-state index contributed by atoms with van der Waals surface area (Å²) in [5.74, 6) is 0.566. The van der Waals surface area contributed by atoms with Crippen molar-refractivity contribution in [3.8, 4) is 5.75 Å². The molecule has 0 aliphatic carbocycles. The third-order valence-electron chi connectivity index (χ3n) is 5.15. The van der Waals surface area contributed by atoms with Crippen molar-refractivity contribution in [1.82, 2.24) is 4.90 Å². The summed E-state index contributed by atoms with van der Waals surface area (Å²) in [7, 11) is -2.20. The van der Waals surface area contributed by atoms with Crippen molar-refractivity contribution in [2.45, 2.75) is 17.9 Å². The summed E-state index contributed by atoms with van der Waals surface area (Å²) >= 11 is 0. The van der Waals surface area contributed by atoms with Crippen molar-refractivity contribution in [2.24, 2.45) is 0 Å². The van der Waals surface area contributed by atoms with Crippen molar-refractivity contribution in [3.63, 3.8) is 0 Å². The van der Waals surface area contributed by atoms with Crippen LogP contribution in [-0.4, -0.2) is 32.9 Å². The third-order valence-corrected chi connectivity index (χ3v) is 6.55. The van der Waals surface area contributed by atoms with Gasteiger partial charge in [0.1, 0.15) is 5.75 Å². The smallest absolute Gasteiger partial charge is 0.261 e. The second-order valence-corrected chi connectivity index (χ2v) is 8.79. The van der Waals surface area contributed by atoms with Crippen LogP contribution in [0.4, 0.5) is 5.69 Å². The molecule has 0 bridgehead atoms. The highest BCUT2D eigenvalue weighted by atomic mass is 32.2. The zero-order valence-electron chi connectivity index (χ0n) is 16.5. The average Bonchev–Trinajstić information content (AvgIpc) is 2.78. The number of methoxy groups -OCH3 is 1. The van der Waals surface area contributed by atoms with Gasteiger partial charge in [0.15, 0.2) is 0 Å². The van der Waals surface area contributed by atoms with E-state index in [9.17, 15) is 13.2 Å². The molecular formula is C23H22N2O4S. The number of amides is 1. The van der Waals surface area contributed by atoms with Gasteiger partial charge in [-0.15, -0.1) is 0 Å². The zero-order valence-corrected chi connectivity index (χ0v) is 17.4. The number of nitrogens with one attached hydrogen (secondary N) is 1. The lowest BCUT2D eigenvalue weighted by Gasteiger charge is -2.29. The fourth-order valence-corrected chi connectivity index (χ4v) is 4.58. The normalized spacial score (nSPS) is 13.4. The van der Waals surface area contributed by atoms with Crippen molar-refractivity contribution in [3.05, 3.63) is 89.5 Å². The van der Waals surface area contributed by atoms with Crippen LogP contribution in [0, 0.1) is 0 Å². The molecule has 1 amide bonds. The SMILES string of the molecule is COc1ccc(S(=O)(=O)Nc2ccc3c(c2)CN(C(=O)c2ccccc2)CC3)cc1. The number of anilines is 1. The number of nitrogens with zero attached hydrogens (tertiary/aromatic N) is 1. The lowest BCUT2D eigenvalue weighted by Crippen LogP contribution is -2.36. The van der Waals surface area contributed by atoms with E-state index in [0.717, 1.165) is 17.5 Å². The van der Waals surface area contributed by atoms with E-state index in [1.54, 1.807) is 41.3 Å². The van der Waals surface area contributed by atoms with Crippen LogP contribution in [0.3, 0.4) is 0 Å². The second-order valence-electron chi connectivity index (χ2n) is 7.11. The molecule has 0 fully saturated rings. The Morgan fingerprint density at radius 1 is 0.967 bits per heavy atom. The minimum atomic E-state index is -3.72. The molecule has 154 valence electrons. The highest BCUT2D eigenvalue weighted by molar-refractivity contribution is 7.92. The topological polar surface area (TPSA) is 75.7 Å². The molecule has 0 saturated heterocycles. The minimum absolute atomic E-state index is 0.0227. The standard InChI is InChI=1S/C23H22N2O4S/c1-29-21-9-11-22(12-10-21)30(27,28)24-20-8-7-17-13-14-25(16-19(17)15-20)23(26)18-5-3-2-4-6-18/h2-12,15,24H,13-14,16H2,1H3. The van der Waals surface area contributed by atoms with Crippen molar-refractivity contribution in [1.29, 1.82) is 0 Å². The number of ether oxygens (including phenoxy) is 1. The summed E-state index contributed by atoms with van der Waals surface area (Å²) in [5.41, 5.74) is 3.19. The summed E-state index contributed by atoms with van der Waals surface area (Å²) in [5, 5.41) is 0. The molecule has 0 radical (unpaired) electrons. The van der Waals surface area contributed by atoms with Gasteiger partial charge >= 0.3 is 0 Å². The first-order chi connectivity index (χ1) is 14.5. The van der Waals surface area contributed by atoms with E-state index in [1.807, 2.05) is 24.3 Å². The first kappa shape index (κ1) is 20.0. The molecule has 1 N–H and O–H groups in total. The van der Waals surface area contributed by atoms with Crippen LogP contribution < -0.4 is 9.46 Å². The van der Waals surface area contributed by atoms with Gasteiger partial charge < -0.3 is 9.64 Å². The van der Waals surface area contributed by atoms with Gasteiger partial charge in [-0.3, -0.25) is 9.52 Å².